The Hall–Kier alpha value is -3.22. The van der Waals surface area contributed by atoms with E-state index in [1.54, 1.807) is 42.9 Å². The van der Waals surface area contributed by atoms with Gasteiger partial charge in [-0.1, -0.05) is 11.6 Å². The van der Waals surface area contributed by atoms with Crippen LogP contribution in [0.25, 0.3) is 11.3 Å². The molecule has 0 saturated carbocycles. The minimum absolute atomic E-state index is 0.0271. The number of rotatable bonds is 7. The molecule has 0 aliphatic rings. The van der Waals surface area contributed by atoms with Crippen molar-refractivity contribution in [1.82, 2.24) is 25.3 Å². The molecule has 0 unspecified atom stereocenters. The summed E-state index contributed by atoms with van der Waals surface area (Å²) in [5, 5.41) is 32.9. The standard InChI is InChI=1S/C21H22ClFN6O2/c1-12(25-20(30)9-14-8-19(27-26-14)21(2,3)31)11-29-5-4-18(28-29)13-6-16(22)15(10-24)17(23)7-13/h4-8,12,31H,9,11H2,1-3H3,(H,25,30)(H,26,27)/t12-/m0/s1. The summed E-state index contributed by atoms with van der Waals surface area (Å²) < 4.78 is 15.6. The second-order valence-electron chi connectivity index (χ2n) is 7.83. The van der Waals surface area contributed by atoms with E-state index in [9.17, 15) is 14.3 Å². The highest BCUT2D eigenvalue weighted by molar-refractivity contribution is 6.32. The molecule has 10 heteroatoms. The lowest BCUT2D eigenvalue weighted by Gasteiger charge is -2.14. The average molecular weight is 445 g/mol. The van der Waals surface area contributed by atoms with Crippen LogP contribution in [-0.4, -0.2) is 37.0 Å². The van der Waals surface area contributed by atoms with Crippen LogP contribution in [0.5, 0.6) is 0 Å². The Kier molecular flexibility index (Phi) is 6.43. The smallest absolute Gasteiger partial charge is 0.226 e. The van der Waals surface area contributed by atoms with Gasteiger partial charge in [0.2, 0.25) is 5.91 Å². The van der Waals surface area contributed by atoms with Gasteiger partial charge in [-0.2, -0.15) is 15.5 Å². The highest BCUT2D eigenvalue weighted by Gasteiger charge is 2.20. The van der Waals surface area contributed by atoms with Gasteiger partial charge in [-0.3, -0.25) is 14.6 Å². The molecule has 3 aromatic rings. The van der Waals surface area contributed by atoms with Crippen molar-refractivity contribution in [1.29, 1.82) is 5.26 Å². The van der Waals surface area contributed by atoms with Crippen molar-refractivity contribution in [3.63, 3.8) is 0 Å². The van der Waals surface area contributed by atoms with Crippen LogP contribution in [0, 0.1) is 17.1 Å². The summed E-state index contributed by atoms with van der Waals surface area (Å²) in [7, 11) is 0. The molecule has 0 bridgehead atoms. The van der Waals surface area contributed by atoms with Crippen molar-refractivity contribution in [2.45, 2.75) is 45.4 Å². The van der Waals surface area contributed by atoms with Gasteiger partial charge >= 0.3 is 0 Å². The number of halogens is 2. The zero-order valence-electron chi connectivity index (χ0n) is 17.3. The molecule has 1 atom stereocenters. The molecule has 0 aliphatic carbocycles. The third-order valence-corrected chi connectivity index (χ3v) is 4.87. The Labute approximate surface area is 183 Å². The van der Waals surface area contributed by atoms with Crippen molar-refractivity contribution in [2.24, 2.45) is 0 Å². The number of nitrogens with zero attached hydrogens (tertiary/aromatic N) is 4. The van der Waals surface area contributed by atoms with Gasteiger partial charge in [0.15, 0.2) is 0 Å². The van der Waals surface area contributed by atoms with Crippen molar-refractivity contribution < 1.29 is 14.3 Å². The van der Waals surface area contributed by atoms with Crippen molar-refractivity contribution in [2.75, 3.05) is 0 Å². The molecule has 2 heterocycles. The number of nitrogens with one attached hydrogen (secondary N) is 2. The normalized spacial score (nSPS) is 12.4. The Balaban J connectivity index is 1.60. The number of H-pyrrole nitrogens is 1. The molecule has 0 aliphatic heterocycles. The molecule has 1 amide bonds. The summed E-state index contributed by atoms with van der Waals surface area (Å²) >= 11 is 5.96. The number of nitriles is 1. The summed E-state index contributed by atoms with van der Waals surface area (Å²) in [5.74, 6) is -0.904. The minimum Gasteiger partial charge on any atom is -0.384 e. The maximum Gasteiger partial charge on any atom is 0.226 e. The monoisotopic (exact) mass is 444 g/mol. The van der Waals surface area contributed by atoms with Gasteiger partial charge in [0.05, 0.1) is 29.4 Å². The van der Waals surface area contributed by atoms with Crippen LogP contribution in [0.1, 0.15) is 37.7 Å². The van der Waals surface area contributed by atoms with Crippen LogP contribution in [0.15, 0.2) is 30.5 Å². The molecule has 1 aromatic carbocycles. The van der Waals surface area contributed by atoms with Crippen LogP contribution in [0.4, 0.5) is 4.39 Å². The molecule has 162 valence electrons. The van der Waals surface area contributed by atoms with Gasteiger partial charge in [0, 0.05) is 23.5 Å². The van der Waals surface area contributed by atoms with E-state index in [1.165, 1.54) is 12.1 Å². The highest BCUT2D eigenvalue weighted by atomic mass is 35.5. The first-order valence-corrected chi connectivity index (χ1v) is 9.94. The fourth-order valence-corrected chi connectivity index (χ4v) is 3.29. The number of hydrogen-bond acceptors (Lipinski definition) is 5. The number of amides is 1. The summed E-state index contributed by atoms with van der Waals surface area (Å²) in [6.45, 7) is 5.48. The second-order valence-corrected chi connectivity index (χ2v) is 8.24. The first kappa shape index (κ1) is 22.5. The number of benzene rings is 1. The third-order valence-electron chi connectivity index (χ3n) is 4.57. The van der Waals surface area contributed by atoms with Gasteiger partial charge in [0.25, 0.3) is 0 Å². The number of carbonyl (C=O) groups excluding carboxylic acids is 1. The van der Waals surface area contributed by atoms with Crippen molar-refractivity contribution in [3.05, 3.63) is 58.3 Å². The first-order valence-electron chi connectivity index (χ1n) is 9.56. The summed E-state index contributed by atoms with van der Waals surface area (Å²) in [4.78, 5) is 12.3. The minimum atomic E-state index is -1.08. The van der Waals surface area contributed by atoms with Gasteiger partial charge < -0.3 is 10.4 Å². The molecular weight excluding hydrogens is 423 g/mol. The van der Waals surface area contributed by atoms with Gasteiger partial charge in [-0.15, -0.1) is 0 Å². The predicted octanol–water partition coefficient (Wildman–Crippen LogP) is 2.91. The number of hydrogen-bond donors (Lipinski definition) is 3. The Morgan fingerprint density at radius 2 is 2.19 bits per heavy atom. The molecule has 2 aromatic heterocycles. The lowest BCUT2D eigenvalue weighted by molar-refractivity contribution is -0.121. The number of aromatic amines is 1. The molecule has 3 N–H and O–H groups in total. The van der Waals surface area contributed by atoms with Crippen molar-refractivity contribution in [3.8, 4) is 17.3 Å². The van der Waals surface area contributed by atoms with E-state index in [0.717, 1.165) is 0 Å². The van der Waals surface area contributed by atoms with E-state index >= 15 is 0 Å². The summed E-state index contributed by atoms with van der Waals surface area (Å²) in [6.07, 6.45) is 1.81. The lowest BCUT2D eigenvalue weighted by atomic mass is 10.1. The summed E-state index contributed by atoms with van der Waals surface area (Å²) in [6, 6.07) is 7.57. The predicted molar refractivity (Wildman–Crippen MR) is 112 cm³/mol. The Morgan fingerprint density at radius 1 is 1.45 bits per heavy atom. The average Bonchev–Trinajstić information content (AvgIpc) is 3.30. The number of aromatic nitrogens is 4. The molecule has 0 radical (unpaired) electrons. The van der Waals surface area contributed by atoms with E-state index in [2.05, 4.69) is 20.6 Å². The molecule has 0 spiro atoms. The lowest BCUT2D eigenvalue weighted by Crippen LogP contribution is -2.36. The molecule has 3 rings (SSSR count). The fraction of sp³-hybridized carbons (Fsp3) is 0.333. The van der Waals surface area contributed by atoms with E-state index in [0.29, 0.717) is 29.2 Å². The van der Waals surface area contributed by atoms with E-state index in [4.69, 9.17) is 16.9 Å². The number of carbonyl (C=O) groups is 1. The summed E-state index contributed by atoms with van der Waals surface area (Å²) in [5.41, 5.74) is 0.736. The highest BCUT2D eigenvalue weighted by Crippen LogP contribution is 2.26. The topological polar surface area (TPSA) is 120 Å². The molecule has 8 nitrogen and oxygen atoms in total. The zero-order chi connectivity index (χ0) is 22.8. The number of aliphatic hydroxyl groups is 1. The van der Waals surface area contributed by atoms with Crippen LogP contribution < -0.4 is 5.32 Å². The molecule has 0 fully saturated rings. The van der Waals surface area contributed by atoms with E-state index in [-0.39, 0.29) is 29.0 Å². The maximum absolute atomic E-state index is 14.0. The van der Waals surface area contributed by atoms with E-state index < -0.39 is 11.4 Å². The Morgan fingerprint density at radius 3 is 2.81 bits per heavy atom. The van der Waals surface area contributed by atoms with Crippen LogP contribution in [-0.2, 0) is 23.4 Å². The molecular formula is C21H22ClFN6O2. The quantitative estimate of drug-likeness (QED) is 0.517. The van der Waals surface area contributed by atoms with Crippen LogP contribution >= 0.6 is 11.6 Å². The third kappa shape index (κ3) is 5.48. The van der Waals surface area contributed by atoms with E-state index in [1.807, 2.05) is 6.92 Å². The van der Waals surface area contributed by atoms with Crippen LogP contribution in [0.2, 0.25) is 5.02 Å². The van der Waals surface area contributed by atoms with Crippen LogP contribution in [0.3, 0.4) is 0 Å². The Bertz CT molecular complexity index is 1120. The van der Waals surface area contributed by atoms with Gasteiger partial charge in [0.1, 0.15) is 23.1 Å². The molecule has 0 saturated heterocycles. The largest absolute Gasteiger partial charge is 0.384 e. The maximum atomic E-state index is 14.0. The first-order chi connectivity index (χ1) is 14.6. The molecule has 31 heavy (non-hydrogen) atoms. The second kappa shape index (κ2) is 8.88. The van der Waals surface area contributed by atoms with Gasteiger partial charge in [-0.25, -0.2) is 4.39 Å². The van der Waals surface area contributed by atoms with Crippen molar-refractivity contribution >= 4 is 17.5 Å². The zero-order valence-corrected chi connectivity index (χ0v) is 18.0. The van der Waals surface area contributed by atoms with Gasteiger partial charge in [-0.05, 0) is 45.0 Å². The fourth-order valence-electron chi connectivity index (χ4n) is 3.04. The SMILES string of the molecule is C[C@@H](Cn1ccc(-c2cc(F)c(C#N)c(Cl)c2)n1)NC(=O)Cc1cc(C(C)(C)O)n[nH]1.